The molecule has 1 aliphatic rings. The number of hydrogen-bond donors (Lipinski definition) is 1. The molecule has 1 amide bonds. The molecule has 14 heavy (non-hydrogen) atoms. The fourth-order valence-electron chi connectivity index (χ4n) is 1.64. The van der Waals surface area contributed by atoms with E-state index in [1.165, 1.54) is 11.3 Å². The van der Waals surface area contributed by atoms with Crippen LogP contribution in [-0.2, 0) is 0 Å². The van der Waals surface area contributed by atoms with Crippen molar-refractivity contribution in [2.75, 3.05) is 0 Å². The quantitative estimate of drug-likeness (QED) is 0.847. The van der Waals surface area contributed by atoms with Gasteiger partial charge in [0, 0.05) is 11.4 Å². The number of halogens is 1. The molecule has 1 N–H and O–H groups in total. The number of hydrogen-bond acceptors (Lipinski definition) is 3. The van der Waals surface area contributed by atoms with Gasteiger partial charge in [-0.2, -0.15) is 0 Å². The fraction of sp³-hybridized carbons (Fsp3) is 0.556. The summed E-state index contributed by atoms with van der Waals surface area (Å²) in [6.45, 7) is 2.18. The lowest BCUT2D eigenvalue weighted by Gasteiger charge is -2.32. The Morgan fingerprint density at radius 3 is 2.93 bits per heavy atom. The summed E-state index contributed by atoms with van der Waals surface area (Å²) in [5.41, 5.74) is 0.430. The summed E-state index contributed by atoms with van der Waals surface area (Å²) in [6.07, 6.45) is 2.15. The van der Waals surface area contributed by atoms with Crippen molar-refractivity contribution in [1.82, 2.24) is 10.3 Å². The van der Waals surface area contributed by atoms with Gasteiger partial charge in [0.25, 0.3) is 5.91 Å². The van der Waals surface area contributed by atoms with Crippen LogP contribution >= 0.6 is 22.9 Å². The number of amides is 1. The van der Waals surface area contributed by atoms with Gasteiger partial charge in [-0.15, -0.1) is 11.3 Å². The number of rotatable bonds is 2. The van der Waals surface area contributed by atoms with Gasteiger partial charge in [-0.25, -0.2) is 4.98 Å². The number of carbonyl (C=O) groups is 1. The van der Waals surface area contributed by atoms with Crippen molar-refractivity contribution < 1.29 is 4.79 Å². The molecule has 1 fully saturated rings. The van der Waals surface area contributed by atoms with E-state index in [4.69, 9.17) is 11.6 Å². The third-order valence-corrected chi connectivity index (χ3v) is 3.40. The van der Waals surface area contributed by atoms with Crippen LogP contribution in [0.2, 0.25) is 4.47 Å². The first kappa shape index (κ1) is 9.93. The SMILES string of the molecule is CC1CC(NC(=O)c2csc(Cl)n2)C1. The van der Waals surface area contributed by atoms with E-state index in [1.54, 1.807) is 5.38 Å². The summed E-state index contributed by atoms with van der Waals surface area (Å²) in [7, 11) is 0. The Balaban J connectivity index is 1.90. The molecule has 0 radical (unpaired) electrons. The van der Waals surface area contributed by atoms with Gasteiger partial charge in [-0.1, -0.05) is 18.5 Å². The highest BCUT2D eigenvalue weighted by Gasteiger charge is 2.27. The maximum absolute atomic E-state index is 11.5. The standard InChI is InChI=1S/C9H11ClN2OS/c1-5-2-6(3-5)11-8(13)7-4-14-9(10)12-7/h4-6H,2-3H2,1H3,(H,11,13). The Kier molecular flexibility index (Phi) is 2.74. The van der Waals surface area contributed by atoms with Crippen molar-refractivity contribution in [3.63, 3.8) is 0 Å². The van der Waals surface area contributed by atoms with Crippen LogP contribution in [0.15, 0.2) is 5.38 Å². The average Bonchev–Trinajstić information content (AvgIpc) is 2.49. The second-order valence-electron chi connectivity index (χ2n) is 3.73. The van der Waals surface area contributed by atoms with Gasteiger partial charge in [-0.3, -0.25) is 4.79 Å². The molecule has 0 aliphatic heterocycles. The lowest BCUT2D eigenvalue weighted by atomic mass is 9.82. The maximum atomic E-state index is 11.5. The van der Waals surface area contributed by atoms with Crippen molar-refractivity contribution in [3.8, 4) is 0 Å². The first-order chi connectivity index (χ1) is 6.65. The molecule has 76 valence electrons. The van der Waals surface area contributed by atoms with E-state index in [-0.39, 0.29) is 5.91 Å². The molecule has 1 aromatic heterocycles. The van der Waals surface area contributed by atoms with Crippen LogP contribution in [0.5, 0.6) is 0 Å². The minimum absolute atomic E-state index is 0.106. The van der Waals surface area contributed by atoms with Gasteiger partial charge in [0.05, 0.1) is 0 Å². The van der Waals surface area contributed by atoms with E-state index in [0.717, 1.165) is 18.8 Å². The second kappa shape index (κ2) is 3.87. The Morgan fingerprint density at radius 2 is 2.43 bits per heavy atom. The Morgan fingerprint density at radius 1 is 1.71 bits per heavy atom. The van der Waals surface area contributed by atoms with E-state index in [2.05, 4.69) is 17.2 Å². The molecule has 0 unspecified atom stereocenters. The summed E-state index contributed by atoms with van der Waals surface area (Å²) in [5, 5.41) is 4.60. The molecule has 1 heterocycles. The first-order valence-electron chi connectivity index (χ1n) is 4.57. The van der Waals surface area contributed by atoms with Gasteiger partial charge in [0.1, 0.15) is 5.69 Å². The summed E-state index contributed by atoms with van der Waals surface area (Å²) in [5.74, 6) is 0.629. The third kappa shape index (κ3) is 2.07. The Labute approximate surface area is 91.5 Å². The third-order valence-electron chi connectivity index (χ3n) is 2.42. The zero-order chi connectivity index (χ0) is 10.1. The number of aromatic nitrogens is 1. The van der Waals surface area contributed by atoms with E-state index in [0.29, 0.717) is 16.2 Å². The van der Waals surface area contributed by atoms with Crippen molar-refractivity contribution >= 4 is 28.8 Å². The van der Waals surface area contributed by atoms with Crippen molar-refractivity contribution in [1.29, 1.82) is 0 Å². The van der Waals surface area contributed by atoms with Crippen molar-refractivity contribution in [2.45, 2.75) is 25.8 Å². The van der Waals surface area contributed by atoms with Gasteiger partial charge in [0.15, 0.2) is 4.47 Å². The van der Waals surface area contributed by atoms with Gasteiger partial charge in [0.2, 0.25) is 0 Å². The number of nitrogens with zero attached hydrogens (tertiary/aromatic N) is 1. The van der Waals surface area contributed by atoms with E-state index < -0.39 is 0 Å². The monoisotopic (exact) mass is 230 g/mol. The lowest BCUT2D eigenvalue weighted by molar-refractivity contribution is 0.0891. The highest BCUT2D eigenvalue weighted by molar-refractivity contribution is 7.14. The van der Waals surface area contributed by atoms with Crippen LogP contribution in [0, 0.1) is 5.92 Å². The molecule has 0 atom stereocenters. The van der Waals surface area contributed by atoms with Crippen LogP contribution in [0.25, 0.3) is 0 Å². The first-order valence-corrected chi connectivity index (χ1v) is 5.83. The minimum atomic E-state index is -0.106. The molecule has 0 aromatic carbocycles. The van der Waals surface area contributed by atoms with Crippen LogP contribution in [0.1, 0.15) is 30.3 Å². The van der Waals surface area contributed by atoms with E-state index >= 15 is 0 Å². The molecule has 0 saturated heterocycles. The summed E-state index contributed by atoms with van der Waals surface area (Å²) < 4.78 is 0.414. The molecule has 1 saturated carbocycles. The lowest BCUT2D eigenvalue weighted by Crippen LogP contribution is -2.43. The van der Waals surface area contributed by atoms with E-state index in [9.17, 15) is 4.79 Å². The van der Waals surface area contributed by atoms with Crippen LogP contribution in [0.3, 0.4) is 0 Å². The Bertz CT molecular complexity index is 346. The van der Waals surface area contributed by atoms with Gasteiger partial charge >= 0.3 is 0 Å². The summed E-state index contributed by atoms with van der Waals surface area (Å²) in [6, 6.07) is 0.331. The minimum Gasteiger partial charge on any atom is -0.348 e. The topological polar surface area (TPSA) is 42.0 Å². The largest absolute Gasteiger partial charge is 0.348 e. The van der Waals surface area contributed by atoms with Crippen LogP contribution in [-0.4, -0.2) is 16.9 Å². The molecule has 1 aromatic rings. The number of carbonyl (C=O) groups excluding carboxylic acids is 1. The van der Waals surface area contributed by atoms with Crippen molar-refractivity contribution in [3.05, 3.63) is 15.5 Å². The average molecular weight is 231 g/mol. The van der Waals surface area contributed by atoms with Crippen LogP contribution in [0.4, 0.5) is 0 Å². The predicted molar refractivity (Wildman–Crippen MR) is 56.8 cm³/mol. The molecule has 0 bridgehead atoms. The number of nitrogens with one attached hydrogen (secondary N) is 1. The molecular weight excluding hydrogens is 220 g/mol. The normalized spacial score (nSPS) is 25.6. The van der Waals surface area contributed by atoms with Gasteiger partial charge in [-0.05, 0) is 18.8 Å². The zero-order valence-electron chi connectivity index (χ0n) is 7.79. The highest BCUT2D eigenvalue weighted by Crippen LogP contribution is 2.26. The molecule has 5 heteroatoms. The summed E-state index contributed by atoms with van der Waals surface area (Å²) in [4.78, 5) is 15.5. The highest BCUT2D eigenvalue weighted by atomic mass is 35.5. The number of thiazole rings is 1. The molecule has 3 nitrogen and oxygen atoms in total. The molecule has 2 rings (SSSR count). The van der Waals surface area contributed by atoms with Gasteiger partial charge < -0.3 is 5.32 Å². The van der Waals surface area contributed by atoms with Crippen LogP contribution < -0.4 is 5.32 Å². The summed E-state index contributed by atoms with van der Waals surface area (Å²) >= 11 is 6.92. The smallest absolute Gasteiger partial charge is 0.271 e. The zero-order valence-corrected chi connectivity index (χ0v) is 9.36. The Hall–Kier alpha value is -0.610. The predicted octanol–water partition coefficient (Wildman–Crippen LogP) is 2.32. The molecule has 0 spiro atoms. The second-order valence-corrected chi connectivity index (χ2v) is 5.17. The molecular formula is C9H11ClN2OS. The molecule has 1 aliphatic carbocycles. The fourth-order valence-corrected chi connectivity index (χ4v) is 2.38. The van der Waals surface area contributed by atoms with Crippen molar-refractivity contribution in [2.24, 2.45) is 5.92 Å². The maximum Gasteiger partial charge on any atom is 0.271 e. The van der Waals surface area contributed by atoms with E-state index in [1.807, 2.05) is 0 Å².